The average Bonchev–Trinajstić information content (AvgIpc) is 2.84. The molecule has 0 bridgehead atoms. The lowest BCUT2D eigenvalue weighted by atomic mass is 10.1. The summed E-state index contributed by atoms with van der Waals surface area (Å²) < 4.78 is 46.2. The van der Waals surface area contributed by atoms with Crippen LogP contribution >= 0.6 is 15.2 Å². The third kappa shape index (κ3) is 20.0. The summed E-state index contributed by atoms with van der Waals surface area (Å²) in [5.74, 6) is 2.64. The molecule has 202 valence electrons. The van der Waals surface area contributed by atoms with Gasteiger partial charge in [0, 0.05) is 11.6 Å². The Balaban J connectivity index is 3.46. The van der Waals surface area contributed by atoms with E-state index in [1.54, 1.807) is 0 Å². The predicted molar refractivity (Wildman–Crippen MR) is 145 cm³/mol. The Morgan fingerprint density at radius 2 is 0.706 bits per heavy atom. The van der Waals surface area contributed by atoms with Crippen LogP contribution in [0.25, 0.3) is 0 Å². The van der Waals surface area contributed by atoms with Gasteiger partial charge in [0.1, 0.15) is 0 Å². The summed E-state index contributed by atoms with van der Waals surface area (Å²) in [6.07, 6.45) is 17.8. The fourth-order valence-corrected chi connectivity index (χ4v) is 5.42. The van der Waals surface area contributed by atoms with E-state index in [4.69, 9.17) is 18.1 Å². The smallest absolute Gasteiger partial charge is 0.306 e. The minimum absolute atomic E-state index is 0.460. The van der Waals surface area contributed by atoms with Crippen LogP contribution in [-0.2, 0) is 27.2 Å². The maximum absolute atomic E-state index is 12.3. The van der Waals surface area contributed by atoms with Crippen molar-refractivity contribution < 1.29 is 27.2 Å². The van der Waals surface area contributed by atoms with Crippen LogP contribution < -0.4 is 0 Å². The first-order chi connectivity index (χ1) is 16.4. The zero-order chi connectivity index (χ0) is 25.4. The standard InChI is InChI=1S/C26H52O6P2/c1-5-9-23-29-33(27,7-3)31-25-21-19-17-15-13-11-12-14-16-18-20-22-26-32-34(28,8-4)30-24-10-6-2/h7-8H,3-6,9-26H2,1-2H3. The van der Waals surface area contributed by atoms with Gasteiger partial charge in [-0.05, 0) is 25.7 Å². The van der Waals surface area contributed by atoms with Gasteiger partial charge in [-0.1, -0.05) is 104 Å². The van der Waals surface area contributed by atoms with Crippen molar-refractivity contribution in [1.29, 1.82) is 0 Å². The quantitative estimate of drug-likeness (QED) is 0.0789. The van der Waals surface area contributed by atoms with Crippen LogP contribution in [0.15, 0.2) is 24.8 Å². The molecule has 0 spiro atoms. The highest BCUT2D eigenvalue weighted by Crippen LogP contribution is 2.50. The Hall–Kier alpha value is -0.220. The summed E-state index contributed by atoms with van der Waals surface area (Å²) in [7, 11) is -6.19. The van der Waals surface area contributed by atoms with Crippen LogP contribution in [0.1, 0.15) is 117 Å². The van der Waals surface area contributed by atoms with Crippen LogP contribution in [-0.4, -0.2) is 26.4 Å². The Morgan fingerprint density at radius 3 is 0.941 bits per heavy atom. The van der Waals surface area contributed by atoms with Gasteiger partial charge >= 0.3 is 15.2 Å². The van der Waals surface area contributed by atoms with E-state index in [0.717, 1.165) is 51.4 Å². The van der Waals surface area contributed by atoms with Gasteiger partial charge in [0.15, 0.2) is 0 Å². The molecule has 0 aromatic heterocycles. The third-order valence-electron chi connectivity index (χ3n) is 5.57. The van der Waals surface area contributed by atoms with Crippen LogP contribution in [0, 0.1) is 0 Å². The second-order valence-corrected chi connectivity index (χ2v) is 12.6. The van der Waals surface area contributed by atoms with E-state index in [-0.39, 0.29) is 0 Å². The molecule has 2 unspecified atom stereocenters. The molecular weight excluding hydrogens is 470 g/mol. The molecule has 0 aliphatic heterocycles. The van der Waals surface area contributed by atoms with Gasteiger partial charge in [-0.15, -0.1) is 0 Å². The van der Waals surface area contributed by atoms with Crippen molar-refractivity contribution in [3.63, 3.8) is 0 Å². The molecule has 0 rings (SSSR count). The molecule has 8 heteroatoms. The van der Waals surface area contributed by atoms with E-state index in [1.807, 2.05) is 0 Å². The second kappa shape index (κ2) is 23.2. The lowest BCUT2D eigenvalue weighted by Gasteiger charge is -2.14. The summed E-state index contributed by atoms with van der Waals surface area (Å²) in [6, 6.07) is 0. The molecule has 0 aromatic carbocycles. The molecule has 0 saturated carbocycles. The van der Waals surface area contributed by atoms with Gasteiger partial charge in [0.05, 0.1) is 26.4 Å². The highest BCUT2D eigenvalue weighted by Gasteiger charge is 2.19. The van der Waals surface area contributed by atoms with E-state index >= 15 is 0 Å². The first-order valence-electron chi connectivity index (χ1n) is 13.5. The molecule has 6 nitrogen and oxygen atoms in total. The molecule has 0 fully saturated rings. The molecule has 0 N–H and O–H groups in total. The lowest BCUT2D eigenvalue weighted by Crippen LogP contribution is -1.97. The maximum Gasteiger partial charge on any atom is 0.353 e. The summed E-state index contributed by atoms with van der Waals surface area (Å²) in [4.78, 5) is 0. The lowest BCUT2D eigenvalue weighted by molar-refractivity contribution is 0.205. The molecule has 0 aliphatic rings. The average molecular weight is 523 g/mol. The zero-order valence-corrected chi connectivity index (χ0v) is 23.8. The van der Waals surface area contributed by atoms with Crippen LogP contribution in [0.3, 0.4) is 0 Å². The van der Waals surface area contributed by atoms with E-state index < -0.39 is 15.2 Å². The number of rotatable bonds is 27. The molecule has 0 aromatic rings. The minimum atomic E-state index is -3.10. The minimum Gasteiger partial charge on any atom is -0.306 e. The van der Waals surface area contributed by atoms with E-state index in [1.165, 1.54) is 63.0 Å². The molecule has 0 saturated heterocycles. The van der Waals surface area contributed by atoms with Crippen molar-refractivity contribution in [2.45, 2.75) is 117 Å². The van der Waals surface area contributed by atoms with Gasteiger partial charge in [0.25, 0.3) is 0 Å². The fraction of sp³-hybridized carbons (Fsp3) is 0.846. The normalized spacial score (nSPS) is 15.0. The van der Waals surface area contributed by atoms with Gasteiger partial charge in [-0.2, -0.15) is 0 Å². The number of unbranched alkanes of at least 4 members (excludes halogenated alkanes) is 13. The summed E-state index contributed by atoms with van der Waals surface area (Å²) in [5, 5.41) is 0. The second-order valence-electron chi connectivity index (χ2n) is 8.73. The Labute approximate surface area is 210 Å². The van der Waals surface area contributed by atoms with Crippen LogP contribution in [0.4, 0.5) is 0 Å². The first kappa shape index (κ1) is 33.8. The Bertz CT molecular complexity index is 532. The van der Waals surface area contributed by atoms with Crippen molar-refractivity contribution in [2.75, 3.05) is 26.4 Å². The molecule has 0 radical (unpaired) electrons. The topological polar surface area (TPSA) is 71.1 Å². The largest absolute Gasteiger partial charge is 0.353 e. The Morgan fingerprint density at radius 1 is 0.471 bits per heavy atom. The summed E-state index contributed by atoms with van der Waals surface area (Å²) in [6.45, 7) is 13.2. The summed E-state index contributed by atoms with van der Waals surface area (Å²) in [5.41, 5.74) is 0. The first-order valence-corrected chi connectivity index (χ1v) is 16.7. The van der Waals surface area contributed by atoms with Crippen molar-refractivity contribution in [3.05, 3.63) is 24.8 Å². The third-order valence-corrected chi connectivity index (χ3v) is 8.63. The van der Waals surface area contributed by atoms with E-state index in [9.17, 15) is 9.13 Å². The van der Waals surface area contributed by atoms with E-state index in [0.29, 0.717) is 26.4 Å². The monoisotopic (exact) mass is 522 g/mol. The highest BCUT2D eigenvalue weighted by molar-refractivity contribution is 7.57. The maximum atomic E-state index is 12.3. The molecule has 0 aliphatic carbocycles. The molecule has 34 heavy (non-hydrogen) atoms. The van der Waals surface area contributed by atoms with Crippen molar-refractivity contribution in [3.8, 4) is 0 Å². The molecule has 0 amide bonds. The van der Waals surface area contributed by atoms with Gasteiger partial charge < -0.3 is 18.1 Å². The number of hydrogen-bond donors (Lipinski definition) is 0. The van der Waals surface area contributed by atoms with Gasteiger partial charge in [-0.3, -0.25) is 9.13 Å². The SMILES string of the molecule is C=CP(=O)(OCCCC)OCCCCCCCCCCCCCCOP(=O)(C=C)OCCCC. The zero-order valence-electron chi connectivity index (χ0n) is 22.1. The fourth-order valence-electron chi connectivity index (χ4n) is 3.31. The van der Waals surface area contributed by atoms with Crippen molar-refractivity contribution in [1.82, 2.24) is 0 Å². The van der Waals surface area contributed by atoms with E-state index in [2.05, 4.69) is 27.0 Å². The predicted octanol–water partition coefficient (Wildman–Crippen LogP) is 10.0. The summed E-state index contributed by atoms with van der Waals surface area (Å²) >= 11 is 0. The molecule has 0 heterocycles. The van der Waals surface area contributed by atoms with Crippen molar-refractivity contribution >= 4 is 15.2 Å². The Kier molecular flexibility index (Phi) is 23.0. The van der Waals surface area contributed by atoms with Crippen LogP contribution in [0.2, 0.25) is 0 Å². The molecule has 2 atom stereocenters. The molecular formula is C26H52O6P2. The highest BCUT2D eigenvalue weighted by atomic mass is 31.2. The van der Waals surface area contributed by atoms with Gasteiger partial charge in [0.2, 0.25) is 0 Å². The van der Waals surface area contributed by atoms with Crippen molar-refractivity contribution in [2.24, 2.45) is 0 Å². The number of hydrogen-bond acceptors (Lipinski definition) is 6. The van der Waals surface area contributed by atoms with Gasteiger partial charge in [-0.25, -0.2) is 0 Å². The van der Waals surface area contributed by atoms with Crippen LogP contribution in [0.5, 0.6) is 0 Å².